The molecule has 35 heavy (non-hydrogen) atoms. The Balaban J connectivity index is 1.43. The number of allylic oxidation sites excluding steroid dienone is 2. The van der Waals surface area contributed by atoms with Crippen molar-refractivity contribution in [2.24, 2.45) is 33.7 Å². The van der Waals surface area contributed by atoms with Crippen LogP contribution in [0, 0.1) is 28.6 Å². The van der Waals surface area contributed by atoms with Gasteiger partial charge in [0.25, 0.3) is 5.91 Å². The Morgan fingerprint density at radius 1 is 1.17 bits per heavy atom. The maximum atomic E-state index is 12.4. The van der Waals surface area contributed by atoms with Crippen LogP contribution in [0.4, 0.5) is 0 Å². The van der Waals surface area contributed by atoms with Gasteiger partial charge in [0.1, 0.15) is 11.6 Å². The molecule has 0 spiro atoms. The minimum Gasteiger partial charge on any atom is -0.480 e. The Hall–Kier alpha value is -1.87. The molecule has 0 aromatic carbocycles. The molecule has 3 saturated carbocycles. The van der Waals surface area contributed by atoms with Crippen LogP contribution >= 0.6 is 12.6 Å². The van der Waals surface area contributed by atoms with Gasteiger partial charge in [-0.3, -0.25) is 9.59 Å². The van der Waals surface area contributed by atoms with E-state index in [0.717, 1.165) is 50.7 Å². The maximum absolute atomic E-state index is 12.4. The Morgan fingerprint density at radius 2 is 1.89 bits per heavy atom. The molecule has 1 amide bonds. The number of ketones is 1. The van der Waals surface area contributed by atoms with Gasteiger partial charge >= 0.3 is 5.97 Å². The molecule has 4 rings (SSSR count). The van der Waals surface area contributed by atoms with Gasteiger partial charge in [-0.2, -0.15) is 12.6 Å². The molecule has 4 aliphatic rings. The van der Waals surface area contributed by atoms with E-state index in [1.165, 1.54) is 5.57 Å². The summed E-state index contributed by atoms with van der Waals surface area (Å²) < 4.78 is 0. The topological polar surface area (TPSA) is 125 Å². The number of carboxylic acids is 1. The van der Waals surface area contributed by atoms with Crippen LogP contribution in [-0.4, -0.2) is 57.6 Å². The molecule has 0 bridgehead atoms. The average Bonchev–Trinajstić information content (AvgIpc) is 3.09. The fraction of sp³-hybridized carbons (Fsp3) is 0.769. The van der Waals surface area contributed by atoms with Crippen LogP contribution in [0.1, 0.15) is 72.1 Å². The van der Waals surface area contributed by atoms with Gasteiger partial charge < -0.3 is 20.4 Å². The lowest BCUT2D eigenvalue weighted by Gasteiger charge is -2.59. The van der Waals surface area contributed by atoms with E-state index in [1.54, 1.807) is 6.92 Å². The number of hydrogen-bond acceptors (Lipinski definition) is 7. The van der Waals surface area contributed by atoms with Gasteiger partial charge in [-0.15, -0.1) is 0 Å². The van der Waals surface area contributed by atoms with Gasteiger partial charge in [0.05, 0.1) is 5.71 Å². The third kappa shape index (κ3) is 4.32. The zero-order valence-corrected chi connectivity index (χ0v) is 21.8. The molecule has 1 unspecified atom stereocenters. The van der Waals surface area contributed by atoms with Crippen LogP contribution in [0.25, 0.3) is 0 Å². The number of aliphatic hydroxyl groups is 1. The van der Waals surface area contributed by atoms with Crippen LogP contribution in [0.5, 0.6) is 0 Å². The van der Waals surface area contributed by atoms with E-state index in [0.29, 0.717) is 24.2 Å². The number of nitrogens with zero attached hydrogens (tertiary/aromatic N) is 1. The van der Waals surface area contributed by atoms with E-state index in [4.69, 9.17) is 9.94 Å². The van der Waals surface area contributed by atoms with Crippen molar-refractivity contribution in [3.8, 4) is 0 Å². The summed E-state index contributed by atoms with van der Waals surface area (Å²) in [6.45, 7) is 5.70. The average molecular weight is 507 g/mol. The Bertz CT molecular complexity index is 965. The first kappa shape index (κ1) is 26.2. The van der Waals surface area contributed by atoms with E-state index in [1.807, 2.05) is 0 Å². The second kappa shape index (κ2) is 9.54. The smallest absolute Gasteiger partial charge is 0.327 e. The van der Waals surface area contributed by atoms with Crippen LogP contribution in [-0.2, 0) is 19.2 Å². The normalized spacial score (nSPS) is 40.1. The van der Waals surface area contributed by atoms with Crippen molar-refractivity contribution in [3.63, 3.8) is 0 Å². The van der Waals surface area contributed by atoms with Crippen LogP contribution < -0.4 is 5.32 Å². The zero-order chi connectivity index (χ0) is 25.6. The van der Waals surface area contributed by atoms with Gasteiger partial charge in [0.2, 0.25) is 0 Å². The number of rotatable bonds is 7. The number of hydrogen-bond donors (Lipinski definition) is 4. The van der Waals surface area contributed by atoms with Gasteiger partial charge in [0.15, 0.2) is 12.4 Å². The number of thiol groups is 1. The Morgan fingerprint density at radius 3 is 2.54 bits per heavy atom. The third-order valence-corrected chi connectivity index (χ3v) is 10.3. The molecule has 0 heterocycles. The fourth-order valence-corrected chi connectivity index (χ4v) is 8.08. The minimum atomic E-state index is -1.19. The summed E-state index contributed by atoms with van der Waals surface area (Å²) in [6.07, 6.45) is 9.23. The molecule has 0 aromatic rings. The molecule has 0 radical (unpaired) electrons. The quantitative estimate of drug-likeness (QED) is 0.311. The van der Waals surface area contributed by atoms with Crippen LogP contribution in [0.15, 0.2) is 16.8 Å². The predicted octanol–water partition coefficient (Wildman–Crippen LogP) is 3.14. The lowest BCUT2D eigenvalue weighted by atomic mass is 9.46. The van der Waals surface area contributed by atoms with Crippen molar-refractivity contribution in [1.29, 1.82) is 0 Å². The number of carbonyl (C=O) groups is 3. The highest BCUT2D eigenvalue weighted by Crippen LogP contribution is 2.67. The number of carboxylic acid groups (broad SMARTS) is 1. The highest BCUT2D eigenvalue weighted by Gasteiger charge is 2.65. The van der Waals surface area contributed by atoms with Crippen LogP contribution in [0.2, 0.25) is 0 Å². The molecule has 7 atom stereocenters. The van der Waals surface area contributed by atoms with Crippen molar-refractivity contribution < 1.29 is 29.4 Å². The molecule has 194 valence electrons. The van der Waals surface area contributed by atoms with Crippen molar-refractivity contribution in [1.82, 2.24) is 5.32 Å². The Kier molecular flexibility index (Phi) is 7.14. The molecule has 0 saturated heterocycles. The summed E-state index contributed by atoms with van der Waals surface area (Å²) in [4.78, 5) is 40.6. The maximum Gasteiger partial charge on any atom is 0.327 e. The summed E-state index contributed by atoms with van der Waals surface area (Å²) in [5, 5.41) is 26.8. The second-order valence-corrected chi connectivity index (χ2v) is 11.8. The minimum absolute atomic E-state index is 0.00349. The number of amides is 1. The number of carbonyl (C=O) groups excluding carboxylic acids is 2. The monoisotopic (exact) mass is 506 g/mol. The molecule has 3 N–H and O–H groups in total. The molecule has 8 nitrogen and oxygen atoms in total. The van der Waals surface area contributed by atoms with Crippen molar-refractivity contribution in [2.75, 3.05) is 12.4 Å². The van der Waals surface area contributed by atoms with E-state index in [2.05, 4.69) is 43.0 Å². The first-order valence-electron chi connectivity index (χ1n) is 12.7. The van der Waals surface area contributed by atoms with Gasteiger partial charge in [-0.05, 0) is 87.5 Å². The SMILES string of the molecule is CC(=O)[C@@]1(O)CC[C@H]2[C@@H]3CCC4=CC(=NOCC(=O)NC(CS)C(=O)O)CC[C@]4(C)[C@H]3CC[C@@]21C. The van der Waals surface area contributed by atoms with Gasteiger partial charge in [-0.25, -0.2) is 4.79 Å². The largest absolute Gasteiger partial charge is 0.480 e. The van der Waals surface area contributed by atoms with E-state index < -0.39 is 23.5 Å². The van der Waals surface area contributed by atoms with E-state index in [9.17, 15) is 19.5 Å². The first-order chi connectivity index (χ1) is 16.5. The number of aliphatic carboxylic acids is 1. The summed E-state index contributed by atoms with van der Waals surface area (Å²) in [5.41, 5.74) is 0.729. The molecular weight excluding hydrogens is 468 g/mol. The van der Waals surface area contributed by atoms with Gasteiger partial charge in [0, 0.05) is 11.2 Å². The molecule has 0 aromatic heterocycles. The summed E-state index contributed by atoms with van der Waals surface area (Å²) in [7, 11) is 0. The molecule has 0 aliphatic heterocycles. The summed E-state index contributed by atoms with van der Waals surface area (Å²) in [5.74, 6) is -0.363. The number of fused-ring (bicyclic) bond motifs is 5. The highest BCUT2D eigenvalue weighted by atomic mass is 32.1. The fourth-order valence-electron chi connectivity index (χ4n) is 7.83. The molecule has 9 heteroatoms. The standard InChI is InChI=1S/C26H38N2O6S/c1-15(29)26(33)11-8-20-18-5-4-16-12-17(28-34-13-22(30)27-21(14-35)23(31)32)6-9-24(16,2)19(18)7-10-25(20,26)3/h12,18-21,33,35H,4-11,13-14H2,1-3H3,(H,27,30)(H,31,32)/t18-,19+,20+,21?,24+,25+,26+/m1/s1. The lowest BCUT2D eigenvalue weighted by Crippen LogP contribution is -2.57. The molecule has 3 fully saturated rings. The number of Topliss-reactive ketones (excluding diaryl/α,β-unsaturated/α-hetero) is 1. The highest BCUT2D eigenvalue weighted by molar-refractivity contribution is 7.80. The van der Waals surface area contributed by atoms with Crippen molar-refractivity contribution >= 4 is 36.0 Å². The van der Waals surface area contributed by atoms with E-state index in [-0.39, 0.29) is 29.0 Å². The zero-order valence-electron chi connectivity index (χ0n) is 20.9. The Labute approximate surface area is 212 Å². The predicted molar refractivity (Wildman–Crippen MR) is 134 cm³/mol. The number of nitrogens with one attached hydrogen (secondary N) is 1. The first-order valence-corrected chi connectivity index (χ1v) is 13.4. The van der Waals surface area contributed by atoms with Crippen molar-refractivity contribution in [3.05, 3.63) is 11.6 Å². The third-order valence-electron chi connectivity index (χ3n) is 9.90. The second-order valence-electron chi connectivity index (χ2n) is 11.4. The number of oxime groups is 1. The molecule has 4 aliphatic carbocycles. The lowest BCUT2D eigenvalue weighted by molar-refractivity contribution is -0.159. The van der Waals surface area contributed by atoms with Crippen molar-refractivity contribution in [2.45, 2.75) is 83.8 Å². The summed E-state index contributed by atoms with van der Waals surface area (Å²) in [6, 6.07) is -1.06. The molecular formula is C26H38N2O6S. The van der Waals surface area contributed by atoms with Gasteiger partial charge in [-0.1, -0.05) is 24.6 Å². The van der Waals surface area contributed by atoms with Crippen LogP contribution in [0.3, 0.4) is 0 Å². The summed E-state index contributed by atoms with van der Waals surface area (Å²) >= 11 is 3.93. The van der Waals surface area contributed by atoms with E-state index >= 15 is 0 Å².